The summed E-state index contributed by atoms with van der Waals surface area (Å²) in [5.41, 5.74) is 8.19. The predicted octanol–water partition coefficient (Wildman–Crippen LogP) is 1.01. The largest absolute Gasteiger partial charge is 0.492 e. The quantitative estimate of drug-likeness (QED) is 0.802. The van der Waals surface area contributed by atoms with Crippen LogP contribution >= 0.6 is 0 Å². The van der Waals surface area contributed by atoms with Crippen molar-refractivity contribution in [2.24, 2.45) is 5.73 Å². The Balaban J connectivity index is 2.21. The molecule has 1 aromatic carbocycles. The van der Waals surface area contributed by atoms with E-state index in [1.807, 2.05) is 6.07 Å². The number of benzene rings is 1. The highest BCUT2D eigenvalue weighted by atomic mass is 16.5. The van der Waals surface area contributed by atoms with Crippen LogP contribution in [0.25, 0.3) is 0 Å². The van der Waals surface area contributed by atoms with Crippen LogP contribution < -0.4 is 10.5 Å². The highest BCUT2D eigenvalue weighted by Crippen LogP contribution is 2.27. The Kier molecular flexibility index (Phi) is 3.23. The Morgan fingerprint density at radius 1 is 1.47 bits per heavy atom. The SMILES string of the molecule is CN1CCc2c(cccc2OCCN)C1. The summed E-state index contributed by atoms with van der Waals surface area (Å²) in [6.45, 7) is 3.31. The van der Waals surface area contributed by atoms with Crippen LogP contribution in [0.2, 0.25) is 0 Å². The molecule has 2 rings (SSSR count). The first-order chi connectivity index (χ1) is 7.31. The van der Waals surface area contributed by atoms with Crippen LogP contribution in [0.15, 0.2) is 18.2 Å². The molecule has 1 aromatic rings. The number of likely N-dealkylation sites (N-methyl/N-ethyl adjacent to an activating group) is 1. The van der Waals surface area contributed by atoms with E-state index in [-0.39, 0.29) is 0 Å². The minimum atomic E-state index is 0.573. The summed E-state index contributed by atoms with van der Waals surface area (Å²) in [4.78, 5) is 2.33. The average Bonchev–Trinajstić information content (AvgIpc) is 2.25. The van der Waals surface area contributed by atoms with Gasteiger partial charge in [-0.2, -0.15) is 0 Å². The Hall–Kier alpha value is -1.06. The van der Waals surface area contributed by atoms with Gasteiger partial charge in [-0.1, -0.05) is 12.1 Å². The van der Waals surface area contributed by atoms with Crippen molar-refractivity contribution in [2.45, 2.75) is 13.0 Å². The third-order valence-electron chi connectivity index (χ3n) is 2.79. The molecular formula is C12H18N2O. The highest BCUT2D eigenvalue weighted by Gasteiger charge is 2.16. The van der Waals surface area contributed by atoms with E-state index in [9.17, 15) is 0 Å². The summed E-state index contributed by atoms with van der Waals surface area (Å²) < 4.78 is 5.65. The summed E-state index contributed by atoms with van der Waals surface area (Å²) in [5, 5.41) is 0. The zero-order chi connectivity index (χ0) is 10.7. The standard InChI is InChI=1S/C12H18N2O/c1-14-7-5-11-10(9-14)3-2-4-12(11)15-8-6-13/h2-4H,5-9,13H2,1H3. The van der Waals surface area contributed by atoms with E-state index < -0.39 is 0 Å². The van der Waals surface area contributed by atoms with Gasteiger partial charge in [-0.3, -0.25) is 0 Å². The Morgan fingerprint density at radius 2 is 2.33 bits per heavy atom. The van der Waals surface area contributed by atoms with Crippen LogP contribution in [0.4, 0.5) is 0 Å². The minimum absolute atomic E-state index is 0.573. The van der Waals surface area contributed by atoms with E-state index in [0.717, 1.165) is 25.3 Å². The van der Waals surface area contributed by atoms with E-state index in [1.54, 1.807) is 0 Å². The van der Waals surface area contributed by atoms with Crippen molar-refractivity contribution in [2.75, 3.05) is 26.7 Å². The number of nitrogens with two attached hydrogens (primary N) is 1. The van der Waals surface area contributed by atoms with Gasteiger partial charge in [0.1, 0.15) is 12.4 Å². The van der Waals surface area contributed by atoms with Gasteiger partial charge in [-0.25, -0.2) is 0 Å². The lowest BCUT2D eigenvalue weighted by molar-refractivity contribution is 0.293. The molecule has 2 N–H and O–H groups in total. The normalized spacial score (nSPS) is 16.1. The van der Waals surface area contributed by atoms with Gasteiger partial charge in [0.25, 0.3) is 0 Å². The maximum absolute atomic E-state index is 5.65. The lowest BCUT2D eigenvalue weighted by atomic mass is 9.99. The monoisotopic (exact) mass is 206 g/mol. The summed E-state index contributed by atoms with van der Waals surface area (Å²) in [7, 11) is 2.15. The first-order valence-electron chi connectivity index (χ1n) is 5.43. The highest BCUT2D eigenvalue weighted by molar-refractivity contribution is 5.41. The maximum Gasteiger partial charge on any atom is 0.122 e. The summed E-state index contributed by atoms with van der Waals surface area (Å²) in [6, 6.07) is 6.28. The average molecular weight is 206 g/mol. The van der Waals surface area contributed by atoms with Gasteiger partial charge in [-0.05, 0) is 30.7 Å². The van der Waals surface area contributed by atoms with Gasteiger partial charge >= 0.3 is 0 Å². The number of hydrogen-bond acceptors (Lipinski definition) is 3. The molecule has 0 saturated heterocycles. The van der Waals surface area contributed by atoms with Crippen LogP contribution in [0.1, 0.15) is 11.1 Å². The Bertz CT molecular complexity index is 338. The second-order valence-corrected chi connectivity index (χ2v) is 4.02. The van der Waals surface area contributed by atoms with Gasteiger partial charge in [0.05, 0.1) is 0 Å². The fraction of sp³-hybridized carbons (Fsp3) is 0.500. The van der Waals surface area contributed by atoms with Crippen LogP contribution in [-0.2, 0) is 13.0 Å². The zero-order valence-corrected chi connectivity index (χ0v) is 9.20. The van der Waals surface area contributed by atoms with Crippen molar-refractivity contribution < 1.29 is 4.74 Å². The lowest BCUT2D eigenvalue weighted by Crippen LogP contribution is -2.27. The Labute approximate surface area is 90.8 Å². The molecule has 1 aliphatic heterocycles. The minimum Gasteiger partial charge on any atom is -0.492 e. The molecule has 0 aromatic heterocycles. The number of rotatable bonds is 3. The molecular weight excluding hydrogens is 188 g/mol. The second kappa shape index (κ2) is 4.64. The van der Waals surface area contributed by atoms with E-state index in [1.165, 1.54) is 11.1 Å². The van der Waals surface area contributed by atoms with Crippen molar-refractivity contribution in [1.29, 1.82) is 0 Å². The van der Waals surface area contributed by atoms with E-state index in [0.29, 0.717) is 13.2 Å². The molecule has 82 valence electrons. The van der Waals surface area contributed by atoms with Crippen LogP contribution in [0.3, 0.4) is 0 Å². The Morgan fingerprint density at radius 3 is 3.13 bits per heavy atom. The van der Waals surface area contributed by atoms with Crippen LogP contribution in [0.5, 0.6) is 5.75 Å². The van der Waals surface area contributed by atoms with Crippen LogP contribution in [-0.4, -0.2) is 31.6 Å². The molecule has 0 radical (unpaired) electrons. The molecule has 0 fully saturated rings. The van der Waals surface area contributed by atoms with Crippen molar-refractivity contribution >= 4 is 0 Å². The molecule has 0 bridgehead atoms. The van der Waals surface area contributed by atoms with Gasteiger partial charge in [-0.15, -0.1) is 0 Å². The summed E-state index contributed by atoms with van der Waals surface area (Å²) >= 11 is 0. The molecule has 1 heterocycles. The third kappa shape index (κ3) is 2.30. The second-order valence-electron chi connectivity index (χ2n) is 4.02. The topological polar surface area (TPSA) is 38.5 Å². The molecule has 0 aliphatic carbocycles. The predicted molar refractivity (Wildman–Crippen MR) is 61.0 cm³/mol. The fourth-order valence-corrected chi connectivity index (χ4v) is 2.02. The molecule has 1 aliphatic rings. The molecule has 0 amide bonds. The van der Waals surface area contributed by atoms with Gasteiger partial charge < -0.3 is 15.4 Å². The first kappa shape index (κ1) is 10.5. The van der Waals surface area contributed by atoms with Crippen molar-refractivity contribution in [1.82, 2.24) is 4.90 Å². The lowest BCUT2D eigenvalue weighted by Gasteiger charge is -2.26. The first-order valence-corrected chi connectivity index (χ1v) is 5.43. The molecule has 3 nitrogen and oxygen atoms in total. The number of hydrogen-bond donors (Lipinski definition) is 1. The molecule has 0 atom stereocenters. The molecule has 0 unspecified atom stereocenters. The van der Waals surface area contributed by atoms with Gasteiger partial charge in [0.15, 0.2) is 0 Å². The van der Waals surface area contributed by atoms with Gasteiger partial charge in [0, 0.05) is 19.6 Å². The summed E-state index contributed by atoms with van der Waals surface area (Å²) in [6.07, 6.45) is 1.08. The smallest absolute Gasteiger partial charge is 0.122 e. The van der Waals surface area contributed by atoms with Crippen molar-refractivity contribution in [3.05, 3.63) is 29.3 Å². The van der Waals surface area contributed by atoms with Crippen molar-refractivity contribution in [3.63, 3.8) is 0 Å². The van der Waals surface area contributed by atoms with Gasteiger partial charge in [0.2, 0.25) is 0 Å². The van der Waals surface area contributed by atoms with Crippen LogP contribution in [0, 0.1) is 0 Å². The van der Waals surface area contributed by atoms with E-state index >= 15 is 0 Å². The maximum atomic E-state index is 5.65. The fourth-order valence-electron chi connectivity index (χ4n) is 2.02. The zero-order valence-electron chi connectivity index (χ0n) is 9.20. The molecule has 0 saturated carbocycles. The number of ether oxygens (including phenoxy) is 1. The molecule has 15 heavy (non-hydrogen) atoms. The molecule has 3 heteroatoms. The number of nitrogens with zero attached hydrogens (tertiary/aromatic N) is 1. The van der Waals surface area contributed by atoms with E-state index in [4.69, 9.17) is 10.5 Å². The summed E-state index contributed by atoms with van der Waals surface area (Å²) in [5.74, 6) is 1.02. The van der Waals surface area contributed by atoms with Crippen molar-refractivity contribution in [3.8, 4) is 5.75 Å². The third-order valence-corrected chi connectivity index (χ3v) is 2.79. The number of fused-ring (bicyclic) bond motifs is 1. The van der Waals surface area contributed by atoms with E-state index in [2.05, 4.69) is 24.1 Å². The molecule has 0 spiro atoms.